The molecule has 4 rings (SSSR count). The van der Waals surface area contributed by atoms with E-state index in [0.29, 0.717) is 37.6 Å². The van der Waals surface area contributed by atoms with E-state index in [1.165, 1.54) is 14.1 Å². The van der Waals surface area contributed by atoms with Gasteiger partial charge in [-0.2, -0.15) is 4.31 Å². The van der Waals surface area contributed by atoms with Crippen molar-refractivity contribution in [2.45, 2.75) is 18.0 Å². The highest BCUT2D eigenvalue weighted by Crippen LogP contribution is 2.19. The number of amides is 1. The average molecular weight is 476 g/mol. The van der Waals surface area contributed by atoms with E-state index in [0.717, 1.165) is 13.1 Å². The molecule has 0 bridgehead atoms. The summed E-state index contributed by atoms with van der Waals surface area (Å²) in [5, 5.41) is 4.10. The second-order valence-electron chi connectivity index (χ2n) is 7.40. The first-order valence-corrected chi connectivity index (χ1v) is 13.3. The number of rotatable bonds is 8. The van der Waals surface area contributed by atoms with Crippen LogP contribution in [0.1, 0.15) is 9.75 Å². The van der Waals surface area contributed by atoms with Gasteiger partial charge in [0, 0.05) is 49.0 Å². The van der Waals surface area contributed by atoms with E-state index in [4.69, 9.17) is 0 Å². The van der Waals surface area contributed by atoms with Gasteiger partial charge >= 0.3 is 0 Å². The van der Waals surface area contributed by atoms with Crippen LogP contribution in [0.25, 0.3) is 0 Å². The minimum Gasteiger partial charge on any atom is -0.339 e. The van der Waals surface area contributed by atoms with Gasteiger partial charge in [0.1, 0.15) is 0 Å². The van der Waals surface area contributed by atoms with Gasteiger partial charge in [-0.1, -0.05) is 30.3 Å². The Labute approximate surface area is 191 Å². The normalized spacial score (nSPS) is 15.5. The van der Waals surface area contributed by atoms with Crippen molar-refractivity contribution in [2.24, 2.45) is 0 Å². The number of hydrogen-bond donors (Lipinski definition) is 0. The first-order chi connectivity index (χ1) is 15.0. The van der Waals surface area contributed by atoms with E-state index in [1.807, 2.05) is 22.9 Å². The van der Waals surface area contributed by atoms with E-state index in [-0.39, 0.29) is 5.91 Å². The molecule has 1 aromatic carbocycles. The van der Waals surface area contributed by atoms with Gasteiger partial charge in [0.25, 0.3) is 0 Å². The van der Waals surface area contributed by atoms with Crippen LogP contribution in [0.5, 0.6) is 0 Å². The molecule has 0 atom stereocenters. The summed E-state index contributed by atoms with van der Waals surface area (Å²) < 4.78 is 27.1. The van der Waals surface area contributed by atoms with Gasteiger partial charge in [0.05, 0.1) is 11.4 Å². The van der Waals surface area contributed by atoms with Crippen molar-refractivity contribution in [3.05, 3.63) is 75.1 Å². The van der Waals surface area contributed by atoms with Crippen molar-refractivity contribution < 1.29 is 13.2 Å². The maximum absolute atomic E-state index is 13.0. The standard InChI is InChI=1S/C22H25N3O3S3/c26-22(18-23(16-19-6-4-14-29-19)17-20-7-5-15-30-20)24-10-12-25(13-11-24)31(27,28)21-8-2-1-3-9-21/h1-9,14-15H,10-13,16-18H2. The average Bonchev–Trinajstić information content (AvgIpc) is 3.49. The molecule has 1 amide bonds. The SMILES string of the molecule is O=C(CN(Cc1cccs1)Cc1cccs1)N1CCN(S(=O)(=O)c2ccccc2)CC1. The maximum Gasteiger partial charge on any atom is 0.243 e. The molecule has 0 saturated carbocycles. The highest BCUT2D eigenvalue weighted by molar-refractivity contribution is 7.89. The summed E-state index contributed by atoms with van der Waals surface area (Å²) in [5.41, 5.74) is 0. The number of hydrogen-bond acceptors (Lipinski definition) is 6. The molecule has 3 heterocycles. The number of thiophene rings is 2. The predicted molar refractivity (Wildman–Crippen MR) is 125 cm³/mol. The largest absolute Gasteiger partial charge is 0.339 e. The molecule has 164 valence electrons. The van der Waals surface area contributed by atoms with Crippen molar-refractivity contribution in [1.82, 2.24) is 14.1 Å². The number of piperazine rings is 1. The van der Waals surface area contributed by atoms with Gasteiger partial charge < -0.3 is 4.90 Å². The molecule has 0 spiro atoms. The molecule has 1 aliphatic heterocycles. The summed E-state index contributed by atoms with van der Waals surface area (Å²) in [4.78, 5) is 19.7. The predicted octanol–water partition coefficient (Wildman–Crippen LogP) is 3.34. The molecule has 0 unspecified atom stereocenters. The lowest BCUT2D eigenvalue weighted by Gasteiger charge is -2.35. The van der Waals surface area contributed by atoms with Crippen LogP contribution < -0.4 is 0 Å². The molecule has 31 heavy (non-hydrogen) atoms. The van der Waals surface area contributed by atoms with Crippen LogP contribution in [0, 0.1) is 0 Å². The summed E-state index contributed by atoms with van der Waals surface area (Å²) in [6, 6.07) is 16.7. The van der Waals surface area contributed by atoms with Crippen LogP contribution >= 0.6 is 22.7 Å². The van der Waals surface area contributed by atoms with Crippen molar-refractivity contribution in [3.63, 3.8) is 0 Å². The first kappa shape index (κ1) is 22.2. The number of carbonyl (C=O) groups is 1. The zero-order valence-corrected chi connectivity index (χ0v) is 19.5. The molecular weight excluding hydrogens is 450 g/mol. The molecule has 0 aliphatic carbocycles. The lowest BCUT2D eigenvalue weighted by Crippen LogP contribution is -2.52. The van der Waals surface area contributed by atoms with Crippen LogP contribution in [0.4, 0.5) is 0 Å². The monoisotopic (exact) mass is 475 g/mol. The summed E-state index contributed by atoms with van der Waals surface area (Å²) in [6.45, 7) is 3.24. The van der Waals surface area contributed by atoms with Gasteiger partial charge in [0.15, 0.2) is 0 Å². The Bertz CT molecular complexity index is 1020. The summed E-state index contributed by atoms with van der Waals surface area (Å²) in [6.07, 6.45) is 0. The molecular formula is C22H25N3O3S3. The fourth-order valence-corrected chi connectivity index (χ4v) is 6.56. The molecule has 0 N–H and O–H groups in total. The summed E-state index contributed by atoms with van der Waals surface area (Å²) >= 11 is 3.38. The second-order valence-corrected chi connectivity index (χ2v) is 11.4. The van der Waals surface area contributed by atoms with Gasteiger partial charge in [-0.25, -0.2) is 8.42 Å². The Morgan fingerprint density at radius 2 is 1.42 bits per heavy atom. The molecule has 2 aromatic heterocycles. The smallest absolute Gasteiger partial charge is 0.243 e. The highest BCUT2D eigenvalue weighted by Gasteiger charge is 2.30. The van der Waals surface area contributed by atoms with Gasteiger partial charge in [-0.05, 0) is 35.0 Å². The maximum atomic E-state index is 13.0. The van der Waals surface area contributed by atoms with E-state index in [1.54, 1.807) is 57.9 Å². The first-order valence-electron chi connectivity index (χ1n) is 10.1. The van der Waals surface area contributed by atoms with Gasteiger partial charge in [-0.3, -0.25) is 9.69 Å². The Balaban J connectivity index is 1.36. The summed E-state index contributed by atoms with van der Waals surface area (Å²) in [5.74, 6) is 0.0462. The minimum atomic E-state index is -3.52. The topological polar surface area (TPSA) is 60.9 Å². The lowest BCUT2D eigenvalue weighted by molar-refractivity contribution is -0.133. The number of sulfonamides is 1. The molecule has 9 heteroatoms. The Hall–Kier alpha value is -2.04. The number of carbonyl (C=O) groups excluding carboxylic acids is 1. The number of nitrogens with zero attached hydrogens (tertiary/aromatic N) is 3. The van der Waals surface area contributed by atoms with Gasteiger partial charge in [-0.15, -0.1) is 22.7 Å². The van der Waals surface area contributed by atoms with Gasteiger partial charge in [0.2, 0.25) is 15.9 Å². The van der Waals surface area contributed by atoms with Crippen LogP contribution in [0.15, 0.2) is 70.3 Å². The van der Waals surface area contributed by atoms with E-state index in [2.05, 4.69) is 17.0 Å². The fraction of sp³-hybridized carbons (Fsp3) is 0.318. The van der Waals surface area contributed by atoms with Crippen molar-refractivity contribution in [2.75, 3.05) is 32.7 Å². The van der Waals surface area contributed by atoms with Crippen molar-refractivity contribution in [1.29, 1.82) is 0 Å². The Morgan fingerprint density at radius 1 is 0.839 bits per heavy atom. The highest BCUT2D eigenvalue weighted by atomic mass is 32.2. The lowest BCUT2D eigenvalue weighted by atomic mass is 10.3. The van der Waals surface area contributed by atoms with Crippen LogP contribution in [-0.4, -0.2) is 61.2 Å². The Morgan fingerprint density at radius 3 is 1.94 bits per heavy atom. The van der Waals surface area contributed by atoms with E-state index in [9.17, 15) is 13.2 Å². The van der Waals surface area contributed by atoms with E-state index < -0.39 is 10.0 Å². The molecule has 0 radical (unpaired) electrons. The Kier molecular flexibility index (Phi) is 7.19. The van der Waals surface area contributed by atoms with Crippen molar-refractivity contribution in [3.8, 4) is 0 Å². The molecule has 1 saturated heterocycles. The van der Waals surface area contributed by atoms with Crippen LogP contribution in [-0.2, 0) is 27.9 Å². The van der Waals surface area contributed by atoms with Crippen LogP contribution in [0.3, 0.4) is 0 Å². The molecule has 1 aliphatic rings. The van der Waals surface area contributed by atoms with Crippen molar-refractivity contribution >= 4 is 38.6 Å². The third kappa shape index (κ3) is 5.61. The zero-order chi connectivity index (χ0) is 21.7. The summed E-state index contributed by atoms with van der Waals surface area (Å²) in [7, 11) is -3.52. The molecule has 6 nitrogen and oxygen atoms in total. The third-order valence-electron chi connectivity index (χ3n) is 5.25. The molecule has 3 aromatic rings. The number of benzene rings is 1. The second kappa shape index (κ2) is 10.1. The third-order valence-corrected chi connectivity index (χ3v) is 8.89. The van der Waals surface area contributed by atoms with E-state index >= 15 is 0 Å². The zero-order valence-electron chi connectivity index (χ0n) is 17.1. The fourth-order valence-electron chi connectivity index (χ4n) is 3.62. The minimum absolute atomic E-state index is 0.0462. The quantitative estimate of drug-likeness (QED) is 0.501. The molecule has 1 fully saturated rings. The van der Waals surface area contributed by atoms with Crippen LogP contribution in [0.2, 0.25) is 0 Å².